The van der Waals surface area contributed by atoms with Gasteiger partial charge in [-0.1, -0.05) is 24.3 Å². The molecule has 0 aliphatic heterocycles. The van der Waals surface area contributed by atoms with Crippen LogP contribution in [0.2, 0.25) is 0 Å². The molecule has 0 fully saturated rings. The summed E-state index contributed by atoms with van der Waals surface area (Å²) in [6.07, 6.45) is 1.83. The van der Waals surface area contributed by atoms with Crippen molar-refractivity contribution in [3.63, 3.8) is 0 Å². The Balaban J connectivity index is 1.46. The van der Waals surface area contributed by atoms with Crippen LogP contribution in [0.5, 0.6) is 0 Å². The molecule has 140 valence electrons. The molecule has 0 unspecified atom stereocenters. The lowest BCUT2D eigenvalue weighted by Crippen LogP contribution is -2.19. The fourth-order valence-electron chi connectivity index (χ4n) is 3.23. The van der Waals surface area contributed by atoms with Gasteiger partial charge in [0.2, 0.25) is 0 Å². The SMILES string of the molecule is Cc1csc([C@H](C#N)C(=O)COC(=O)c2cc3c(s2)-c2ccccc2CC3)n1. The molecule has 1 aromatic carbocycles. The fourth-order valence-corrected chi connectivity index (χ4v) is 5.26. The number of aromatic nitrogens is 1. The summed E-state index contributed by atoms with van der Waals surface area (Å²) in [5, 5.41) is 11.5. The second-order valence-corrected chi connectivity index (χ2v) is 8.50. The number of thiophene rings is 1. The number of nitriles is 1. The fraction of sp³-hybridized carbons (Fsp3) is 0.238. The molecule has 5 nitrogen and oxygen atoms in total. The lowest BCUT2D eigenvalue weighted by molar-refractivity contribution is -0.122. The third-order valence-corrected chi connectivity index (χ3v) is 6.83. The zero-order valence-electron chi connectivity index (χ0n) is 15.1. The van der Waals surface area contributed by atoms with Gasteiger partial charge >= 0.3 is 5.97 Å². The number of benzene rings is 1. The minimum atomic E-state index is -1.00. The molecule has 0 saturated carbocycles. The van der Waals surface area contributed by atoms with E-state index in [0.29, 0.717) is 9.88 Å². The Morgan fingerprint density at radius 1 is 1.29 bits per heavy atom. The summed E-state index contributed by atoms with van der Waals surface area (Å²) in [6.45, 7) is 1.37. The second-order valence-electron chi connectivity index (χ2n) is 6.55. The maximum atomic E-state index is 12.5. The summed E-state index contributed by atoms with van der Waals surface area (Å²) in [6, 6.07) is 12.0. The van der Waals surface area contributed by atoms with Gasteiger partial charge in [0.25, 0.3) is 0 Å². The molecular weight excluding hydrogens is 392 g/mol. The normalized spacial score (nSPS) is 13.1. The molecule has 0 N–H and O–H groups in total. The molecule has 7 heteroatoms. The smallest absolute Gasteiger partial charge is 0.348 e. The van der Waals surface area contributed by atoms with E-state index in [0.717, 1.165) is 34.5 Å². The van der Waals surface area contributed by atoms with Crippen LogP contribution >= 0.6 is 22.7 Å². The van der Waals surface area contributed by atoms with Crippen LogP contribution in [0.25, 0.3) is 10.4 Å². The van der Waals surface area contributed by atoms with Crippen LogP contribution in [0, 0.1) is 18.3 Å². The number of carbonyl (C=O) groups is 2. The van der Waals surface area contributed by atoms with E-state index in [9.17, 15) is 14.9 Å². The molecule has 0 bridgehead atoms. The van der Waals surface area contributed by atoms with Crippen molar-refractivity contribution in [1.82, 2.24) is 4.98 Å². The van der Waals surface area contributed by atoms with E-state index in [2.05, 4.69) is 17.1 Å². The Labute approximate surface area is 170 Å². The zero-order chi connectivity index (χ0) is 19.7. The highest BCUT2D eigenvalue weighted by Crippen LogP contribution is 2.39. The average molecular weight is 409 g/mol. The molecule has 3 aromatic rings. The van der Waals surface area contributed by atoms with Crippen LogP contribution in [0.15, 0.2) is 35.7 Å². The van der Waals surface area contributed by atoms with Crippen molar-refractivity contribution < 1.29 is 14.3 Å². The molecular formula is C21H16N2O3S2. The summed E-state index contributed by atoms with van der Waals surface area (Å²) in [5.74, 6) is -2.00. The van der Waals surface area contributed by atoms with Crippen LogP contribution in [0.4, 0.5) is 0 Å². The number of aryl methyl sites for hydroxylation is 3. The van der Waals surface area contributed by atoms with Gasteiger partial charge in [0.1, 0.15) is 9.88 Å². The number of nitrogens with zero attached hydrogens (tertiary/aromatic N) is 2. The summed E-state index contributed by atoms with van der Waals surface area (Å²) in [4.78, 5) is 30.6. The summed E-state index contributed by atoms with van der Waals surface area (Å²) >= 11 is 2.65. The van der Waals surface area contributed by atoms with Crippen LogP contribution in [0.1, 0.15) is 37.4 Å². The number of rotatable bonds is 5. The van der Waals surface area contributed by atoms with Gasteiger partial charge in [-0.15, -0.1) is 22.7 Å². The highest BCUT2D eigenvalue weighted by molar-refractivity contribution is 7.17. The van der Waals surface area contributed by atoms with Crippen molar-refractivity contribution in [3.8, 4) is 16.5 Å². The van der Waals surface area contributed by atoms with Gasteiger partial charge in [-0.2, -0.15) is 5.26 Å². The maximum absolute atomic E-state index is 12.5. The molecule has 4 rings (SSSR count). The molecule has 1 aliphatic carbocycles. The van der Waals surface area contributed by atoms with Crippen LogP contribution in [0.3, 0.4) is 0 Å². The number of ether oxygens (including phenoxy) is 1. The maximum Gasteiger partial charge on any atom is 0.348 e. The van der Waals surface area contributed by atoms with E-state index in [4.69, 9.17) is 4.74 Å². The Bertz CT molecular complexity index is 1110. The van der Waals surface area contributed by atoms with Crippen molar-refractivity contribution in [2.45, 2.75) is 25.7 Å². The largest absolute Gasteiger partial charge is 0.453 e. The van der Waals surface area contributed by atoms with Gasteiger partial charge in [0.05, 0.1) is 6.07 Å². The number of carbonyl (C=O) groups excluding carboxylic acids is 2. The Morgan fingerprint density at radius 3 is 2.82 bits per heavy atom. The summed E-state index contributed by atoms with van der Waals surface area (Å²) in [5.41, 5.74) is 4.33. The average Bonchev–Trinajstić information content (AvgIpc) is 3.33. The van der Waals surface area contributed by atoms with Crippen molar-refractivity contribution in [2.24, 2.45) is 0 Å². The van der Waals surface area contributed by atoms with E-state index in [1.807, 2.05) is 24.3 Å². The molecule has 1 aliphatic rings. The van der Waals surface area contributed by atoms with Crippen LogP contribution in [-0.2, 0) is 22.4 Å². The first-order valence-electron chi connectivity index (χ1n) is 8.79. The van der Waals surface area contributed by atoms with Crippen LogP contribution < -0.4 is 0 Å². The number of esters is 1. The first-order valence-corrected chi connectivity index (χ1v) is 10.5. The number of thiazole rings is 1. The molecule has 2 aromatic heterocycles. The summed E-state index contributed by atoms with van der Waals surface area (Å²) < 4.78 is 5.21. The second kappa shape index (κ2) is 7.66. The van der Waals surface area contributed by atoms with Crippen molar-refractivity contribution in [2.75, 3.05) is 6.61 Å². The van der Waals surface area contributed by atoms with Crippen molar-refractivity contribution in [3.05, 3.63) is 62.4 Å². The minimum Gasteiger partial charge on any atom is -0.453 e. The first-order chi connectivity index (χ1) is 13.6. The Hall–Kier alpha value is -2.82. The Kier molecular flexibility index (Phi) is 5.07. The van der Waals surface area contributed by atoms with E-state index < -0.39 is 24.3 Å². The standard InChI is InChI=1S/C21H16N2O3S2/c1-12-11-27-20(23-12)16(9-22)17(24)10-26-21(25)18-8-14-7-6-13-4-2-3-5-15(13)19(14)28-18/h2-5,8,11,16H,6-7,10H2,1H3/t16-/m1/s1. The molecule has 1 atom stereocenters. The predicted molar refractivity (Wildman–Crippen MR) is 108 cm³/mol. The van der Waals surface area contributed by atoms with Gasteiger partial charge in [0.15, 0.2) is 18.3 Å². The highest BCUT2D eigenvalue weighted by atomic mass is 32.1. The van der Waals surface area contributed by atoms with Gasteiger partial charge in [-0.3, -0.25) is 4.79 Å². The third kappa shape index (κ3) is 3.49. The van der Waals surface area contributed by atoms with E-state index in [1.165, 1.54) is 28.2 Å². The van der Waals surface area contributed by atoms with E-state index in [-0.39, 0.29) is 0 Å². The predicted octanol–water partition coefficient (Wildman–Crippen LogP) is 4.31. The molecule has 0 spiro atoms. The number of fused-ring (bicyclic) bond motifs is 3. The lowest BCUT2D eigenvalue weighted by atomic mass is 9.91. The van der Waals surface area contributed by atoms with Gasteiger partial charge < -0.3 is 4.74 Å². The molecule has 0 radical (unpaired) electrons. The Morgan fingerprint density at radius 2 is 2.07 bits per heavy atom. The van der Waals surface area contributed by atoms with Gasteiger partial charge in [-0.25, -0.2) is 9.78 Å². The minimum absolute atomic E-state index is 0.434. The molecule has 0 amide bonds. The lowest BCUT2D eigenvalue weighted by Gasteiger charge is -2.15. The number of ketones is 1. The van der Waals surface area contributed by atoms with Crippen molar-refractivity contribution >= 4 is 34.4 Å². The number of hydrogen-bond donors (Lipinski definition) is 0. The van der Waals surface area contributed by atoms with Crippen molar-refractivity contribution in [1.29, 1.82) is 5.26 Å². The van der Waals surface area contributed by atoms with Gasteiger partial charge in [-0.05, 0) is 42.5 Å². The van der Waals surface area contributed by atoms with E-state index >= 15 is 0 Å². The summed E-state index contributed by atoms with van der Waals surface area (Å²) in [7, 11) is 0. The number of Topliss-reactive ketones (excluding diaryl/α,β-unsaturated/α-hetero) is 1. The van der Waals surface area contributed by atoms with Gasteiger partial charge in [0, 0.05) is 16.0 Å². The van der Waals surface area contributed by atoms with E-state index in [1.54, 1.807) is 12.3 Å². The van der Waals surface area contributed by atoms with Crippen LogP contribution in [-0.4, -0.2) is 23.3 Å². The molecule has 28 heavy (non-hydrogen) atoms. The monoisotopic (exact) mass is 408 g/mol. The zero-order valence-corrected chi connectivity index (χ0v) is 16.7. The third-order valence-electron chi connectivity index (χ3n) is 4.62. The highest BCUT2D eigenvalue weighted by Gasteiger charge is 2.26. The topological polar surface area (TPSA) is 80.0 Å². The molecule has 2 heterocycles. The first kappa shape index (κ1) is 18.5. The number of hydrogen-bond acceptors (Lipinski definition) is 7. The quantitative estimate of drug-likeness (QED) is 0.588. The molecule has 0 saturated heterocycles.